The molecule has 0 atom stereocenters. The number of anilines is 1. The summed E-state index contributed by atoms with van der Waals surface area (Å²) in [4.78, 5) is 28.9. The Hall–Kier alpha value is -3.74. The molecule has 158 valence electrons. The second-order valence-corrected chi connectivity index (χ2v) is 7.53. The summed E-state index contributed by atoms with van der Waals surface area (Å²) in [6.45, 7) is 3.25. The molecule has 1 aliphatic rings. The predicted molar refractivity (Wildman–Crippen MR) is 120 cm³/mol. The third-order valence-electron chi connectivity index (χ3n) is 5.28. The highest BCUT2D eigenvalue weighted by Crippen LogP contribution is 2.16. The van der Waals surface area contributed by atoms with Crippen LogP contribution in [0.3, 0.4) is 0 Å². The minimum Gasteiger partial charge on any atom is -0.331 e. The number of hydrogen-bond donors (Lipinski definition) is 1. The van der Waals surface area contributed by atoms with Crippen LogP contribution in [0.15, 0.2) is 72.1 Å². The van der Waals surface area contributed by atoms with Crippen molar-refractivity contribution in [2.75, 3.05) is 11.9 Å². The van der Waals surface area contributed by atoms with Crippen LogP contribution in [0.25, 0.3) is 0 Å². The van der Waals surface area contributed by atoms with Gasteiger partial charge in [-0.05, 0) is 30.2 Å². The zero-order valence-corrected chi connectivity index (χ0v) is 17.5. The average Bonchev–Trinajstić information content (AvgIpc) is 3.44. The summed E-state index contributed by atoms with van der Waals surface area (Å²) in [7, 11) is 0. The maximum atomic E-state index is 12.4. The largest absolute Gasteiger partial charge is 0.331 e. The average molecular weight is 415 g/mol. The van der Waals surface area contributed by atoms with Crippen LogP contribution in [0, 0.1) is 6.92 Å². The first-order valence-electron chi connectivity index (χ1n) is 10.4. The Kier molecular flexibility index (Phi) is 6.21. The first kappa shape index (κ1) is 20.5. The molecular formula is C24H25N5O2. The molecule has 0 aliphatic carbocycles. The lowest BCUT2D eigenvalue weighted by molar-refractivity contribution is -0.132. The van der Waals surface area contributed by atoms with E-state index in [1.54, 1.807) is 6.20 Å². The van der Waals surface area contributed by atoms with Crippen molar-refractivity contribution < 1.29 is 9.59 Å². The van der Waals surface area contributed by atoms with Gasteiger partial charge in [-0.15, -0.1) is 0 Å². The molecule has 7 heteroatoms. The van der Waals surface area contributed by atoms with E-state index in [0.717, 1.165) is 35.6 Å². The van der Waals surface area contributed by atoms with Crippen LogP contribution in [0.4, 0.5) is 5.69 Å². The minimum absolute atomic E-state index is 0.126. The van der Waals surface area contributed by atoms with Crippen LogP contribution in [0.5, 0.6) is 0 Å². The summed E-state index contributed by atoms with van der Waals surface area (Å²) >= 11 is 0. The number of carbonyl (C=O) groups is 2. The van der Waals surface area contributed by atoms with Gasteiger partial charge < -0.3 is 9.88 Å². The summed E-state index contributed by atoms with van der Waals surface area (Å²) in [6, 6.07) is 17.5. The summed E-state index contributed by atoms with van der Waals surface area (Å²) in [5.74, 6) is 0.644. The van der Waals surface area contributed by atoms with Gasteiger partial charge >= 0.3 is 0 Å². The summed E-state index contributed by atoms with van der Waals surface area (Å²) in [6.07, 6.45) is 4.71. The number of rotatable bonds is 7. The lowest BCUT2D eigenvalue weighted by atomic mass is 10.1. The molecule has 0 saturated carbocycles. The molecule has 2 heterocycles. The van der Waals surface area contributed by atoms with Crippen molar-refractivity contribution in [3.8, 4) is 0 Å². The van der Waals surface area contributed by atoms with Gasteiger partial charge in [0, 0.05) is 43.9 Å². The Morgan fingerprint density at radius 3 is 2.52 bits per heavy atom. The van der Waals surface area contributed by atoms with E-state index in [2.05, 4.69) is 20.0 Å². The lowest BCUT2D eigenvalue weighted by Gasteiger charge is -2.11. The van der Waals surface area contributed by atoms with Gasteiger partial charge in [-0.1, -0.05) is 42.5 Å². The Labute approximate surface area is 181 Å². The van der Waals surface area contributed by atoms with Crippen molar-refractivity contribution >= 4 is 23.2 Å². The fraction of sp³-hybridized carbons (Fsp3) is 0.250. The number of nitrogens with one attached hydrogen (secondary N) is 1. The summed E-state index contributed by atoms with van der Waals surface area (Å²) in [5, 5.41) is 8.76. The maximum Gasteiger partial charge on any atom is 0.243 e. The molecule has 2 aromatic carbocycles. The van der Waals surface area contributed by atoms with Crippen LogP contribution in [0.2, 0.25) is 0 Å². The third kappa shape index (κ3) is 5.25. The monoisotopic (exact) mass is 415 g/mol. The van der Waals surface area contributed by atoms with Gasteiger partial charge in [0.05, 0.1) is 12.3 Å². The zero-order chi connectivity index (χ0) is 21.6. The number of benzene rings is 2. The molecule has 3 aromatic rings. The van der Waals surface area contributed by atoms with Crippen molar-refractivity contribution in [3.63, 3.8) is 0 Å². The van der Waals surface area contributed by atoms with E-state index < -0.39 is 0 Å². The molecule has 7 nitrogen and oxygen atoms in total. The Bertz CT molecular complexity index is 1090. The molecule has 4 rings (SSSR count). The van der Waals surface area contributed by atoms with Gasteiger partial charge in [0.25, 0.3) is 0 Å². The van der Waals surface area contributed by atoms with Crippen molar-refractivity contribution in [1.82, 2.24) is 14.6 Å². The van der Waals surface area contributed by atoms with Crippen LogP contribution in [-0.4, -0.2) is 38.6 Å². The van der Waals surface area contributed by atoms with Crippen molar-refractivity contribution in [1.29, 1.82) is 0 Å². The van der Waals surface area contributed by atoms with Gasteiger partial charge in [-0.2, -0.15) is 5.10 Å². The van der Waals surface area contributed by atoms with Gasteiger partial charge in [0.2, 0.25) is 11.8 Å². The smallest absolute Gasteiger partial charge is 0.243 e. The van der Waals surface area contributed by atoms with Gasteiger partial charge in [0.15, 0.2) is 0 Å². The number of imidazole rings is 1. The molecule has 0 saturated heterocycles. The highest BCUT2D eigenvalue weighted by Gasteiger charge is 2.21. The molecule has 31 heavy (non-hydrogen) atoms. The number of carbonyl (C=O) groups excluding carboxylic acids is 2. The Morgan fingerprint density at radius 1 is 1.03 bits per heavy atom. The second-order valence-electron chi connectivity index (χ2n) is 7.53. The minimum atomic E-state index is -0.182. The molecular weight excluding hydrogens is 390 g/mol. The van der Waals surface area contributed by atoms with Crippen LogP contribution >= 0.6 is 0 Å². The van der Waals surface area contributed by atoms with Crippen LogP contribution < -0.4 is 5.32 Å². The number of aromatic nitrogens is 2. The summed E-state index contributed by atoms with van der Waals surface area (Å²) in [5.41, 5.74) is 3.77. The van der Waals surface area contributed by atoms with Gasteiger partial charge in [-0.25, -0.2) is 9.99 Å². The number of hydrogen-bond acceptors (Lipinski definition) is 4. The van der Waals surface area contributed by atoms with E-state index in [0.29, 0.717) is 12.2 Å². The first-order chi connectivity index (χ1) is 15.1. The molecule has 2 amide bonds. The molecule has 0 unspecified atom stereocenters. The van der Waals surface area contributed by atoms with E-state index in [1.165, 1.54) is 5.01 Å². The van der Waals surface area contributed by atoms with E-state index in [4.69, 9.17) is 0 Å². The lowest BCUT2D eigenvalue weighted by Crippen LogP contribution is -2.25. The third-order valence-corrected chi connectivity index (χ3v) is 5.28. The Balaban J connectivity index is 1.25. The molecule has 1 aliphatic heterocycles. The number of aryl methyl sites for hydroxylation is 1. The van der Waals surface area contributed by atoms with Gasteiger partial charge in [-0.3, -0.25) is 9.59 Å². The Morgan fingerprint density at radius 2 is 1.81 bits per heavy atom. The molecule has 1 N–H and O–H groups in total. The SMILES string of the molecule is Cc1nccn1Cc1ccc(NC(=O)CCC(=O)N2CCC(c3ccccc3)=N2)cc1. The fourth-order valence-electron chi connectivity index (χ4n) is 3.50. The second kappa shape index (κ2) is 9.38. The number of hydrazone groups is 1. The van der Waals surface area contributed by atoms with Crippen LogP contribution in [0.1, 0.15) is 36.2 Å². The van der Waals surface area contributed by atoms with E-state index in [-0.39, 0.29) is 24.7 Å². The number of amides is 2. The molecule has 0 fully saturated rings. The normalized spacial score (nSPS) is 13.2. The topological polar surface area (TPSA) is 79.6 Å². The number of nitrogens with zero attached hydrogens (tertiary/aromatic N) is 4. The van der Waals surface area contributed by atoms with Crippen LogP contribution in [-0.2, 0) is 16.1 Å². The zero-order valence-electron chi connectivity index (χ0n) is 17.5. The van der Waals surface area contributed by atoms with Gasteiger partial charge in [0.1, 0.15) is 5.82 Å². The molecule has 0 bridgehead atoms. The van der Waals surface area contributed by atoms with E-state index >= 15 is 0 Å². The fourth-order valence-corrected chi connectivity index (χ4v) is 3.50. The van der Waals surface area contributed by atoms with E-state index in [1.807, 2.05) is 67.7 Å². The predicted octanol–water partition coefficient (Wildman–Crippen LogP) is 3.60. The quantitative estimate of drug-likeness (QED) is 0.640. The maximum absolute atomic E-state index is 12.4. The van der Waals surface area contributed by atoms with Crippen molar-refractivity contribution in [3.05, 3.63) is 83.9 Å². The summed E-state index contributed by atoms with van der Waals surface area (Å²) < 4.78 is 2.06. The standard InChI is InChI=1S/C24H25N5O2/c1-18-25-14-16-28(18)17-19-7-9-21(10-8-19)26-23(30)11-12-24(31)29-15-13-22(27-29)20-5-3-2-4-6-20/h2-10,14,16H,11-13,15,17H2,1H3,(H,26,30). The highest BCUT2D eigenvalue weighted by atomic mass is 16.2. The molecule has 1 aromatic heterocycles. The van der Waals surface area contributed by atoms with Crippen molar-refractivity contribution in [2.45, 2.75) is 32.7 Å². The van der Waals surface area contributed by atoms with E-state index in [9.17, 15) is 9.59 Å². The molecule has 0 radical (unpaired) electrons. The van der Waals surface area contributed by atoms with Crippen molar-refractivity contribution in [2.24, 2.45) is 5.10 Å². The molecule has 0 spiro atoms. The highest BCUT2D eigenvalue weighted by molar-refractivity contribution is 6.02. The first-order valence-corrected chi connectivity index (χ1v) is 10.4.